The lowest BCUT2D eigenvalue weighted by Gasteiger charge is -2.09. The van der Waals surface area contributed by atoms with Gasteiger partial charge in [0.05, 0.1) is 13.0 Å². The second-order valence-corrected chi connectivity index (χ2v) is 9.70. The number of aromatic nitrogens is 1. The maximum Gasteiger partial charge on any atom is 0.323 e. The highest BCUT2D eigenvalue weighted by molar-refractivity contribution is 5.91. The third-order valence-electron chi connectivity index (χ3n) is 6.80. The Morgan fingerprint density at radius 3 is 2.16 bits per heavy atom. The number of hydrogen-bond acceptors (Lipinski definition) is 3. The minimum atomic E-state index is -0.959. The molecule has 38 heavy (non-hydrogen) atoms. The average Bonchev–Trinajstić information content (AvgIpc) is 3.24. The maximum absolute atomic E-state index is 11.4. The number of ether oxygens (including phenoxy) is 1. The summed E-state index contributed by atoms with van der Waals surface area (Å²) in [6.45, 7) is 0.515. The van der Waals surface area contributed by atoms with Crippen molar-refractivity contribution in [2.24, 2.45) is 0 Å². The first kappa shape index (κ1) is 27.0. The standard InChI is InChI=1S/C32H35NO5/c34-30(35)21-27-22-33(23-31(36)37)29-13-8-12-26(32(27)29)17-14-25-15-18-28(19-16-25)38-20-7-2-1-4-9-24-10-5-3-6-11-24/h3,5-6,8,10-13,15-16,18-19,22H,1-2,4,7,9,14,17,20-21,23H2,(H,34,35)(H,36,37). The smallest absolute Gasteiger partial charge is 0.323 e. The van der Waals surface area contributed by atoms with E-state index < -0.39 is 11.9 Å². The number of nitrogens with zero attached hydrogens (tertiary/aromatic N) is 1. The fraction of sp³-hybridized carbons (Fsp3) is 0.312. The molecule has 4 aromatic rings. The van der Waals surface area contributed by atoms with Gasteiger partial charge in [0, 0.05) is 17.1 Å². The van der Waals surface area contributed by atoms with Crippen LogP contribution in [-0.2, 0) is 41.8 Å². The van der Waals surface area contributed by atoms with Crippen molar-refractivity contribution >= 4 is 22.8 Å². The van der Waals surface area contributed by atoms with E-state index in [1.165, 1.54) is 24.0 Å². The lowest BCUT2D eigenvalue weighted by Crippen LogP contribution is -2.07. The van der Waals surface area contributed by atoms with Gasteiger partial charge in [-0.25, -0.2) is 0 Å². The Balaban J connectivity index is 1.27. The first-order chi connectivity index (χ1) is 18.5. The van der Waals surface area contributed by atoms with Gasteiger partial charge in [-0.05, 0) is 72.6 Å². The summed E-state index contributed by atoms with van der Waals surface area (Å²) in [5.41, 5.74) is 4.99. The quantitative estimate of drug-likeness (QED) is 0.182. The van der Waals surface area contributed by atoms with E-state index in [0.717, 1.165) is 54.3 Å². The second kappa shape index (κ2) is 13.5. The van der Waals surface area contributed by atoms with Crippen LogP contribution in [0.4, 0.5) is 0 Å². The van der Waals surface area contributed by atoms with Crippen LogP contribution >= 0.6 is 0 Å². The summed E-state index contributed by atoms with van der Waals surface area (Å²) in [5, 5.41) is 19.5. The number of hydrogen-bond donors (Lipinski definition) is 2. The molecular weight excluding hydrogens is 478 g/mol. The van der Waals surface area contributed by atoms with E-state index in [4.69, 9.17) is 4.74 Å². The summed E-state index contributed by atoms with van der Waals surface area (Å²) < 4.78 is 7.55. The van der Waals surface area contributed by atoms with Gasteiger partial charge >= 0.3 is 11.9 Å². The summed E-state index contributed by atoms with van der Waals surface area (Å²) in [6, 6.07) is 24.5. The lowest BCUT2D eigenvalue weighted by atomic mass is 9.98. The SMILES string of the molecule is O=C(O)Cc1cn(CC(=O)O)c2cccc(CCc3ccc(OCCCCCCc4ccccc4)cc3)c12. The van der Waals surface area contributed by atoms with Crippen LogP contribution in [0.3, 0.4) is 0 Å². The molecule has 0 bridgehead atoms. The molecule has 1 heterocycles. The number of aryl methyl sites for hydroxylation is 3. The minimum absolute atomic E-state index is 0.140. The van der Waals surface area contributed by atoms with E-state index >= 15 is 0 Å². The van der Waals surface area contributed by atoms with Crippen LogP contribution in [0.1, 0.15) is 47.9 Å². The molecule has 3 aromatic carbocycles. The number of unbranched alkanes of at least 4 members (excludes halogenated alkanes) is 3. The molecule has 1 aromatic heterocycles. The van der Waals surface area contributed by atoms with Gasteiger partial charge in [0.15, 0.2) is 0 Å². The molecule has 6 heteroatoms. The maximum atomic E-state index is 11.4. The van der Waals surface area contributed by atoms with Crippen LogP contribution in [-0.4, -0.2) is 33.3 Å². The van der Waals surface area contributed by atoms with E-state index in [2.05, 4.69) is 42.5 Å². The Hall–Kier alpha value is -4.06. The fourth-order valence-electron chi connectivity index (χ4n) is 4.95. The number of benzene rings is 3. The Kier molecular flexibility index (Phi) is 9.57. The molecule has 0 unspecified atom stereocenters. The van der Waals surface area contributed by atoms with Crippen LogP contribution in [0.2, 0.25) is 0 Å². The number of rotatable bonds is 15. The normalized spacial score (nSPS) is 11.1. The summed E-state index contributed by atoms with van der Waals surface area (Å²) in [7, 11) is 0. The number of aliphatic carboxylic acids is 2. The third kappa shape index (κ3) is 7.72. The van der Waals surface area contributed by atoms with Crippen LogP contribution in [0.15, 0.2) is 79.0 Å². The van der Waals surface area contributed by atoms with Crippen LogP contribution < -0.4 is 4.74 Å². The summed E-state index contributed by atoms with van der Waals surface area (Å²) in [5.74, 6) is -1.02. The van der Waals surface area contributed by atoms with E-state index in [-0.39, 0.29) is 13.0 Å². The van der Waals surface area contributed by atoms with Gasteiger partial charge < -0.3 is 19.5 Å². The molecule has 0 spiro atoms. The molecule has 0 aliphatic rings. The van der Waals surface area contributed by atoms with Crippen molar-refractivity contribution in [3.05, 3.63) is 101 Å². The lowest BCUT2D eigenvalue weighted by molar-refractivity contribution is -0.138. The molecule has 0 fully saturated rings. The highest BCUT2D eigenvalue weighted by atomic mass is 16.5. The highest BCUT2D eigenvalue weighted by Crippen LogP contribution is 2.27. The molecule has 0 atom stereocenters. The molecule has 0 radical (unpaired) electrons. The van der Waals surface area contributed by atoms with Crippen molar-refractivity contribution in [1.29, 1.82) is 0 Å². The van der Waals surface area contributed by atoms with Crippen molar-refractivity contribution in [2.45, 2.75) is 57.9 Å². The second-order valence-electron chi connectivity index (χ2n) is 9.70. The van der Waals surface area contributed by atoms with E-state index in [9.17, 15) is 19.8 Å². The zero-order valence-corrected chi connectivity index (χ0v) is 21.6. The molecule has 0 saturated heterocycles. The molecule has 4 rings (SSSR count). The van der Waals surface area contributed by atoms with Gasteiger partial charge in [-0.3, -0.25) is 9.59 Å². The van der Waals surface area contributed by atoms with Gasteiger partial charge in [-0.15, -0.1) is 0 Å². The Morgan fingerprint density at radius 2 is 1.42 bits per heavy atom. The summed E-state index contributed by atoms with van der Waals surface area (Å²) in [4.78, 5) is 22.7. The van der Waals surface area contributed by atoms with Crippen LogP contribution in [0.25, 0.3) is 10.9 Å². The first-order valence-electron chi connectivity index (χ1n) is 13.3. The summed E-state index contributed by atoms with van der Waals surface area (Å²) >= 11 is 0. The topological polar surface area (TPSA) is 88.8 Å². The summed E-state index contributed by atoms with van der Waals surface area (Å²) in [6.07, 6.45) is 8.78. The largest absolute Gasteiger partial charge is 0.494 e. The van der Waals surface area contributed by atoms with E-state index in [1.807, 2.05) is 30.3 Å². The number of fused-ring (bicyclic) bond motifs is 1. The van der Waals surface area contributed by atoms with Crippen LogP contribution in [0, 0.1) is 0 Å². The zero-order valence-electron chi connectivity index (χ0n) is 21.6. The van der Waals surface area contributed by atoms with Crippen LogP contribution in [0.5, 0.6) is 5.75 Å². The Labute approximate surface area is 223 Å². The van der Waals surface area contributed by atoms with E-state index in [0.29, 0.717) is 12.2 Å². The Morgan fingerprint density at radius 1 is 0.684 bits per heavy atom. The molecule has 0 aliphatic carbocycles. The van der Waals surface area contributed by atoms with E-state index in [1.54, 1.807) is 10.8 Å². The van der Waals surface area contributed by atoms with Crippen molar-refractivity contribution in [2.75, 3.05) is 6.61 Å². The highest BCUT2D eigenvalue weighted by Gasteiger charge is 2.16. The molecule has 0 aliphatic heterocycles. The van der Waals surface area contributed by atoms with Crippen molar-refractivity contribution < 1.29 is 24.5 Å². The molecule has 0 saturated carbocycles. The Bertz CT molecular complexity index is 1340. The zero-order chi connectivity index (χ0) is 26.7. The molecule has 0 amide bonds. The van der Waals surface area contributed by atoms with Crippen molar-refractivity contribution in [3.8, 4) is 5.75 Å². The molecule has 6 nitrogen and oxygen atoms in total. The fourth-order valence-corrected chi connectivity index (χ4v) is 4.95. The molecular formula is C32H35NO5. The number of carboxylic acid groups (broad SMARTS) is 2. The predicted octanol–water partition coefficient (Wildman–Crippen LogP) is 6.32. The molecule has 2 N–H and O–H groups in total. The monoisotopic (exact) mass is 513 g/mol. The van der Waals surface area contributed by atoms with Gasteiger partial charge in [-0.1, -0.05) is 67.4 Å². The van der Waals surface area contributed by atoms with Gasteiger partial charge in [0.1, 0.15) is 12.3 Å². The van der Waals surface area contributed by atoms with Gasteiger partial charge in [0.25, 0.3) is 0 Å². The van der Waals surface area contributed by atoms with Gasteiger partial charge in [0.2, 0.25) is 0 Å². The predicted molar refractivity (Wildman–Crippen MR) is 149 cm³/mol. The first-order valence-corrected chi connectivity index (χ1v) is 13.3. The average molecular weight is 514 g/mol. The van der Waals surface area contributed by atoms with Gasteiger partial charge in [-0.2, -0.15) is 0 Å². The van der Waals surface area contributed by atoms with Crippen molar-refractivity contribution in [1.82, 2.24) is 4.57 Å². The number of carbonyl (C=O) groups is 2. The minimum Gasteiger partial charge on any atom is -0.494 e. The van der Waals surface area contributed by atoms with Crippen molar-refractivity contribution in [3.63, 3.8) is 0 Å². The molecule has 198 valence electrons. The number of carboxylic acids is 2. The third-order valence-corrected chi connectivity index (χ3v) is 6.80.